The molecule has 0 aliphatic carbocycles. The second-order valence-corrected chi connectivity index (χ2v) is 4.33. The van der Waals surface area contributed by atoms with Gasteiger partial charge in [-0.15, -0.1) is 0 Å². The van der Waals surface area contributed by atoms with Gasteiger partial charge in [-0.05, 0) is 18.1 Å². The molecule has 1 fully saturated rings. The standard InChI is InChI=1S/C14H18O4/c1-17-9-5-8-11-12(15)13(16)14(18-11)10-6-3-2-4-7-10/h2-7,9,11-16H,8H2,1H3/b9-5+/t11-,12+,13-,14+/m0/s1. The Hall–Kier alpha value is -1.36. The van der Waals surface area contributed by atoms with E-state index in [4.69, 9.17) is 9.47 Å². The lowest BCUT2D eigenvalue weighted by Crippen LogP contribution is -2.30. The summed E-state index contributed by atoms with van der Waals surface area (Å²) in [5, 5.41) is 19.9. The number of ether oxygens (including phenoxy) is 2. The molecule has 1 aliphatic heterocycles. The molecule has 0 bridgehead atoms. The molecular weight excluding hydrogens is 232 g/mol. The lowest BCUT2D eigenvalue weighted by Gasteiger charge is -2.14. The molecule has 1 heterocycles. The lowest BCUT2D eigenvalue weighted by molar-refractivity contribution is 0.00860. The van der Waals surface area contributed by atoms with Crippen LogP contribution in [0.15, 0.2) is 42.7 Å². The summed E-state index contributed by atoms with van der Waals surface area (Å²) in [7, 11) is 1.56. The molecule has 4 heteroatoms. The number of benzene rings is 1. The van der Waals surface area contributed by atoms with Crippen molar-refractivity contribution in [3.63, 3.8) is 0 Å². The fraction of sp³-hybridized carbons (Fsp3) is 0.429. The summed E-state index contributed by atoms with van der Waals surface area (Å²) in [5.41, 5.74) is 0.877. The molecule has 0 spiro atoms. The fourth-order valence-electron chi connectivity index (χ4n) is 2.15. The van der Waals surface area contributed by atoms with E-state index in [0.717, 1.165) is 5.56 Å². The average molecular weight is 250 g/mol. The summed E-state index contributed by atoms with van der Waals surface area (Å²) >= 11 is 0. The fourth-order valence-corrected chi connectivity index (χ4v) is 2.15. The van der Waals surface area contributed by atoms with Crippen LogP contribution in [0.3, 0.4) is 0 Å². The molecule has 1 saturated heterocycles. The maximum atomic E-state index is 10.0. The third-order valence-electron chi connectivity index (χ3n) is 3.09. The monoisotopic (exact) mass is 250 g/mol. The van der Waals surface area contributed by atoms with Crippen LogP contribution in [0.25, 0.3) is 0 Å². The average Bonchev–Trinajstić information content (AvgIpc) is 2.68. The Bertz CT molecular complexity index is 390. The maximum Gasteiger partial charge on any atom is 0.113 e. The number of hydrogen-bond acceptors (Lipinski definition) is 4. The van der Waals surface area contributed by atoms with E-state index in [-0.39, 0.29) is 0 Å². The normalized spacial score (nSPS) is 31.9. The molecule has 4 atom stereocenters. The Morgan fingerprint density at radius 3 is 2.61 bits per heavy atom. The lowest BCUT2D eigenvalue weighted by atomic mass is 10.0. The molecule has 0 aromatic heterocycles. The topological polar surface area (TPSA) is 58.9 Å². The smallest absolute Gasteiger partial charge is 0.113 e. The van der Waals surface area contributed by atoms with Crippen LogP contribution in [0, 0.1) is 0 Å². The second-order valence-electron chi connectivity index (χ2n) is 4.33. The van der Waals surface area contributed by atoms with E-state index >= 15 is 0 Å². The minimum Gasteiger partial charge on any atom is -0.505 e. The summed E-state index contributed by atoms with van der Waals surface area (Å²) in [6, 6.07) is 9.44. The van der Waals surface area contributed by atoms with E-state index in [1.807, 2.05) is 30.3 Å². The Labute approximate surface area is 106 Å². The Kier molecular flexibility index (Phi) is 4.36. The molecule has 1 aliphatic rings. The van der Waals surface area contributed by atoms with E-state index in [1.165, 1.54) is 6.26 Å². The summed E-state index contributed by atoms with van der Waals surface area (Å²) in [5.74, 6) is 0. The van der Waals surface area contributed by atoms with E-state index in [1.54, 1.807) is 13.2 Å². The first-order chi connectivity index (χ1) is 8.74. The highest BCUT2D eigenvalue weighted by Crippen LogP contribution is 2.34. The van der Waals surface area contributed by atoms with Crippen LogP contribution in [0.1, 0.15) is 18.1 Å². The van der Waals surface area contributed by atoms with Gasteiger partial charge in [0.15, 0.2) is 0 Å². The van der Waals surface area contributed by atoms with Gasteiger partial charge in [0.2, 0.25) is 0 Å². The van der Waals surface area contributed by atoms with Crippen molar-refractivity contribution < 1.29 is 19.7 Å². The second kappa shape index (κ2) is 6.00. The highest BCUT2D eigenvalue weighted by molar-refractivity contribution is 5.20. The van der Waals surface area contributed by atoms with Crippen LogP contribution in [0.2, 0.25) is 0 Å². The predicted octanol–water partition coefficient (Wildman–Crippen LogP) is 1.40. The molecule has 4 nitrogen and oxygen atoms in total. The van der Waals surface area contributed by atoms with E-state index in [2.05, 4.69) is 0 Å². The SMILES string of the molecule is CO/C=C/C[C@@H]1O[C@H](c2ccccc2)[C@@H](O)[C@@H]1O. The molecule has 98 valence electrons. The van der Waals surface area contributed by atoms with Crippen molar-refractivity contribution in [3.8, 4) is 0 Å². The van der Waals surface area contributed by atoms with Gasteiger partial charge in [-0.25, -0.2) is 0 Å². The summed E-state index contributed by atoms with van der Waals surface area (Å²) < 4.78 is 10.5. The van der Waals surface area contributed by atoms with Crippen molar-refractivity contribution in [1.82, 2.24) is 0 Å². The van der Waals surface area contributed by atoms with E-state index in [0.29, 0.717) is 6.42 Å². The number of methoxy groups -OCH3 is 1. The van der Waals surface area contributed by atoms with Gasteiger partial charge < -0.3 is 19.7 Å². The number of aliphatic hydroxyl groups is 2. The predicted molar refractivity (Wildman–Crippen MR) is 66.8 cm³/mol. The van der Waals surface area contributed by atoms with Crippen molar-refractivity contribution in [2.24, 2.45) is 0 Å². The first-order valence-electron chi connectivity index (χ1n) is 5.98. The molecule has 0 saturated carbocycles. The molecular formula is C14H18O4. The Morgan fingerprint density at radius 1 is 1.22 bits per heavy atom. The highest BCUT2D eigenvalue weighted by Gasteiger charge is 2.42. The number of rotatable bonds is 4. The molecule has 0 amide bonds. The Morgan fingerprint density at radius 2 is 1.94 bits per heavy atom. The molecule has 0 unspecified atom stereocenters. The van der Waals surface area contributed by atoms with Crippen molar-refractivity contribution in [1.29, 1.82) is 0 Å². The molecule has 2 rings (SSSR count). The number of hydrogen-bond donors (Lipinski definition) is 2. The van der Waals surface area contributed by atoms with Gasteiger partial charge in [0.25, 0.3) is 0 Å². The minimum absolute atomic E-state index is 0.406. The van der Waals surface area contributed by atoms with Gasteiger partial charge in [0.05, 0.1) is 19.5 Å². The van der Waals surface area contributed by atoms with Gasteiger partial charge in [-0.1, -0.05) is 30.3 Å². The van der Waals surface area contributed by atoms with Gasteiger partial charge >= 0.3 is 0 Å². The van der Waals surface area contributed by atoms with Crippen LogP contribution >= 0.6 is 0 Å². The van der Waals surface area contributed by atoms with Crippen molar-refractivity contribution in [2.75, 3.05) is 7.11 Å². The highest BCUT2D eigenvalue weighted by atomic mass is 16.5. The molecule has 1 aromatic rings. The minimum atomic E-state index is -0.895. The molecule has 18 heavy (non-hydrogen) atoms. The number of aliphatic hydroxyl groups excluding tert-OH is 2. The first kappa shape index (κ1) is 13.1. The summed E-state index contributed by atoms with van der Waals surface area (Å²) in [4.78, 5) is 0. The first-order valence-corrected chi connectivity index (χ1v) is 5.98. The molecule has 0 radical (unpaired) electrons. The van der Waals surface area contributed by atoms with Crippen LogP contribution in [0.5, 0.6) is 0 Å². The van der Waals surface area contributed by atoms with E-state index in [9.17, 15) is 10.2 Å². The van der Waals surface area contributed by atoms with Crippen LogP contribution in [-0.2, 0) is 9.47 Å². The van der Waals surface area contributed by atoms with Gasteiger partial charge in [0, 0.05) is 0 Å². The quantitative estimate of drug-likeness (QED) is 0.793. The van der Waals surface area contributed by atoms with Crippen molar-refractivity contribution >= 4 is 0 Å². The van der Waals surface area contributed by atoms with Crippen LogP contribution < -0.4 is 0 Å². The zero-order valence-corrected chi connectivity index (χ0v) is 10.3. The molecule has 1 aromatic carbocycles. The zero-order chi connectivity index (χ0) is 13.0. The van der Waals surface area contributed by atoms with Gasteiger partial charge in [-0.2, -0.15) is 0 Å². The van der Waals surface area contributed by atoms with Gasteiger partial charge in [0.1, 0.15) is 18.3 Å². The van der Waals surface area contributed by atoms with Crippen LogP contribution in [-0.4, -0.2) is 35.6 Å². The maximum absolute atomic E-state index is 10.0. The van der Waals surface area contributed by atoms with Gasteiger partial charge in [-0.3, -0.25) is 0 Å². The van der Waals surface area contributed by atoms with Crippen LogP contribution in [0.4, 0.5) is 0 Å². The Balaban J connectivity index is 2.05. The summed E-state index contributed by atoms with van der Waals surface area (Å²) in [6.07, 6.45) is 1.17. The summed E-state index contributed by atoms with van der Waals surface area (Å²) in [6.45, 7) is 0. The van der Waals surface area contributed by atoms with Crippen molar-refractivity contribution in [3.05, 3.63) is 48.2 Å². The third kappa shape index (κ3) is 2.72. The molecule has 2 N–H and O–H groups in total. The van der Waals surface area contributed by atoms with Crippen molar-refractivity contribution in [2.45, 2.75) is 30.8 Å². The third-order valence-corrected chi connectivity index (χ3v) is 3.09. The zero-order valence-electron chi connectivity index (χ0n) is 10.3. The largest absolute Gasteiger partial charge is 0.505 e. The van der Waals surface area contributed by atoms with E-state index < -0.39 is 24.4 Å².